The highest BCUT2D eigenvalue weighted by atomic mass is 32.1. The number of thiocarbonyl (C=S) groups is 1. The van der Waals surface area contributed by atoms with Crippen molar-refractivity contribution in [3.05, 3.63) is 65.7 Å². The molecule has 2 aromatic rings. The van der Waals surface area contributed by atoms with E-state index in [2.05, 4.69) is 16.0 Å². The second-order valence-electron chi connectivity index (χ2n) is 5.79. The molecule has 0 radical (unpaired) electrons. The second-order valence-corrected chi connectivity index (χ2v) is 6.20. The zero-order chi connectivity index (χ0) is 18.8. The number of nitrogens with one attached hydrogen (secondary N) is 3. The molecule has 0 spiro atoms. The summed E-state index contributed by atoms with van der Waals surface area (Å²) in [4.78, 5) is 24.3. The SMILES string of the molecule is CCCNC(=O)c1ccccc1NC(=S)NC(=O)CCc1ccccc1. The van der Waals surface area contributed by atoms with Crippen LogP contribution in [0.3, 0.4) is 0 Å². The largest absolute Gasteiger partial charge is 0.352 e. The summed E-state index contributed by atoms with van der Waals surface area (Å²) < 4.78 is 0. The average molecular weight is 369 g/mol. The van der Waals surface area contributed by atoms with Crippen LogP contribution >= 0.6 is 12.2 Å². The van der Waals surface area contributed by atoms with Gasteiger partial charge < -0.3 is 16.0 Å². The van der Waals surface area contributed by atoms with Gasteiger partial charge in [0.25, 0.3) is 5.91 Å². The number of aryl methyl sites for hydroxylation is 1. The zero-order valence-electron chi connectivity index (χ0n) is 14.7. The lowest BCUT2D eigenvalue weighted by Gasteiger charge is -2.13. The van der Waals surface area contributed by atoms with Gasteiger partial charge in [-0.25, -0.2) is 0 Å². The monoisotopic (exact) mass is 369 g/mol. The summed E-state index contributed by atoms with van der Waals surface area (Å²) >= 11 is 5.20. The van der Waals surface area contributed by atoms with Crippen LogP contribution in [0.4, 0.5) is 5.69 Å². The van der Waals surface area contributed by atoms with Crippen LogP contribution < -0.4 is 16.0 Å². The van der Waals surface area contributed by atoms with Crippen molar-refractivity contribution in [1.82, 2.24) is 10.6 Å². The third-order valence-electron chi connectivity index (χ3n) is 3.69. The molecule has 0 heterocycles. The Hall–Kier alpha value is -2.73. The molecule has 0 saturated heterocycles. The molecule has 0 unspecified atom stereocenters. The van der Waals surface area contributed by atoms with Crippen LogP contribution in [0.5, 0.6) is 0 Å². The number of carbonyl (C=O) groups is 2. The highest BCUT2D eigenvalue weighted by Gasteiger charge is 2.12. The lowest BCUT2D eigenvalue weighted by atomic mass is 10.1. The number of para-hydroxylation sites is 1. The molecule has 0 saturated carbocycles. The first-order valence-electron chi connectivity index (χ1n) is 8.62. The molecule has 26 heavy (non-hydrogen) atoms. The molecule has 136 valence electrons. The summed E-state index contributed by atoms with van der Waals surface area (Å²) in [5.41, 5.74) is 2.15. The molecule has 2 rings (SSSR count). The van der Waals surface area contributed by atoms with Gasteiger partial charge in [-0.1, -0.05) is 49.4 Å². The van der Waals surface area contributed by atoms with E-state index in [4.69, 9.17) is 12.2 Å². The van der Waals surface area contributed by atoms with Crippen LogP contribution in [0.1, 0.15) is 35.7 Å². The molecule has 0 aliphatic heterocycles. The van der Waals surface area contributed by atoms with Crippen molar-refractivity contribution in [2.75, 3.05) is 11.9 Å². The maximum Gasteiger partial charge on any atom is 0.253 e. The first kappa shape index (κ1) is 19.6. The van der Waals surface area contributed by atoms with E-state index in [1.165, 1.54) is 0 Å². The maximum absolute atomic E-state index is 12.2. The van der Waals surface area contributed by atoms with Crippen LogP contribution in [-0.2, 0) is 11.2 Å². The fraction of sp³-hybridized carbons (Fsp3) is 0.250. The van der Waals surface area contributed by atoms with Crippen molar-refractivity contribution >= 4 is 34.8 Å². The van der Waals surface area contributed by atoms with Gasteiger partial charge in [-0.05, 0) is 42.8 Å². The van der Waals surface area contributed by atoms with Crippen LogP contribution in [0.25, 0.3) is 0 Å². The molecule has 0 aliphatic carbocycles. The number of carbonyl (C=O) groups excluding carboxylic acids is 2. The van der Waals surface area contributed by atoms with E-state index in [-0.39, 0.29) is 16.9 Å². The van der Waals surface area contributed by atoms with Crippen LogP contribution in [-0.4, -0.2) is 23.5 Å². The first-order valence-corrected chi connectivity index (χ1v) is 9.03. The Morgan fingerprint density at radius 3 is 2.42 bits per heavy atom. The van der Waals surface area contributed by atoms with Gasteiger partial charge in [-0.3, -0.25) is 9.59 Å². The van der Waals surface area contributed by atoms with E-state index >= 15 is 0 Å². The fourth-order valence-electron chi connectivity index (χ4n) is 2.37. The molecular weight excluding hydrogens is 346 g/mol. The Morgan fingerprint density at radius 1 is 1.00 bits per heavy atom. The number of anilines is 1. The molecule has 0 aliphatic rings. The minimum Gasteiger partial charge on any atom is -0.352 e. The van der Waals surface area contributed by atoms with Gasteiger partial charge in [0.2, 0.25) is 5.91 Å². The van der Waals surface area contributed by atoms with Gasteiger partial charge in [0.1, 0.15) is 0 Å². The topological polar surface area (TPSA) is 70.2 Å². The second kappa shape index (κ2) is 10.3. The molecular formula is C20H23N3O2S. The zero-order valence-corrected chi connectivity index (χ0v) is 15.6. The van der Waals surface area contributed by atoms with Crippen molar-refractivity contribution in [3.63, 3.8) is 0 Å². The molecule has 0 bridgehead atoms. The van der Waals surface area contributed by atoms with E-state index in [9.17, 15) is 9.59 Å². The highest BCUT2D eigenvalue weighted by Crippen LogP contribution is 2.15. The Morgan fingerprint density at radius 2 is 1.69 bits per heavy atom. The summed E-state index contributed by atoms with van der Waals surface area (Å²) in [6, 6.07) is 16.9. The molecule has 0 fully saturated rings. The highest BCUT2D eigenvalue weighted by molar-refractivity contribution is 7.80. The summed E-state index contributed by atoms with van der Waals surface area (Å²) in [5.74, 6) is -0.340. The van der Waals surface area contributed by atoms with Gasteiger partial charge in [-0.15, -0.1) is 0 Å². The lowest BCUT2D eigenvalue weighted by molar-refractivity contribution is -0.119. The molecule has 0 atom stereocenters. The molecule has 5 nitrogen and oxygen atoms in total. The third kappa shape index (κ3) is 6.29. The van der Waals surface area contributed by atoms with Crippen molar-refractivity contribution < 1.29 is 9.59 Å². The van der Waals surface area contributed by atoms with Gasteiger partial charge in [0, 0.05) is 13.0 Å². The molecule has 6 heteroatoms. The van der Waals surface area contributed by atoms with Gasteiger partial charge in [0.15, 0.2) is 5.11 Å². The van der Waals surface area contributed by atoms with E-state index in [0.29, 0.717) is 30.6 Å². The van der Waals surface area contributed by atoms with E-state index in [1.54, 1.807) is 24.3 Å². The number of benzene rings is 2. The fourth-order valence-corrected chi connectivity index (χ4v) is 2.59. The summed E-state index contributed by atoms with van der Waals surface area (Å²) in [7, 11) is 0. The van der Waals surface area contributed by atoms with Gasteiger partial charge in [-0.2, -0.15) is 0 Å². The number of hydrogen-bond donors (Lipinski definition) is 3. The summed E-state index contributed by atoms with van der Waals surface area (Å²) in [6.45, 7) is 2.60. The Labute approximate surface area is 159 Å². The Bertz CT molecular complexity index is 763. The molecule has 2 aromatic carbocycles. The smallest absolute Gasteiger partial charge is 0.253 e. The normalized spacial score (nSPS) is 10.0. The summed E-state index contributed by atoms with van der Waals surface area (Å²) in [6.07, 6.45) is 1.84. The third-order valence-corrected chi connectivity index (χ3v) is 3.90. The Balaban J connectivity index is 1.89. The van der Waals surface area contributed by atoms with Gasteiger partial charge in [0.05, 0.1) is 11.3 Å². The minimum atomic E-state index is -0.173. The van der Waals surface area contributed by atoms with Crippen molar-refractivity contribution in [2.45, 2.75) is 26.2 Å². The van der Waals surface area contributed by atoms with Crippen LogP contribution in [0.15, 0.2) is 54.6 Å². The quantitative estimate of drug-likeness (QED) is 0.655. The summed E-state index contributed by atoms with van der Waals surface area (Å²) in [5, 5.41) is 8.60. The Kier molecular flexibility index (Phi) is 7.76. The van der Waals surface area contributed by atoms with Crippen molar-refractivity contribution in [2.24, 2.45) is 0 Å². The van der Waals surface area contributed by atoms with Gasteiger partial charge >= 0.3 is 0 Å². The average Bonchev–Trinajstić information content (AvgIpc) is 2.65. The van der Waals surface area contributed by atoms with E-state index in [0.717, 1.165) is 12.0 Å². The van der Waals surface area contributed by atoms with E-state index in [1.807, 2.05) is 37.3 Å². The minimum absolute atomic E-state index is 0.167. The number of hydrogen-bond acceptors (Lipinski definition) is 3. The van der Waals surface area contributed by atoms with Crippen molar-refractivity contribution in [3.8, 4) is 0 Å². The first-order chi connectivity index (χ1) is 12.6. The molecule has 0 aromatic heterocycles. The number of rotatable bonds is 7. The lowest BCUT2D eigenvalue weighted by Crippen LogP contribution is -2.35. The standard InChI is InChI=1S/C20H23N3O2S/c1-2-14-21-19(25)16-10-6-7-11-17(16)22-20(26)23-18(24)13-12-15-8-4-3-5-9-15/h3-11H,2,12-14H2,1H3,(H,21,25)(H2,22,23,24,26). The number of amides is 2. The van der Waals surface area contributed by atoms with Crippen molar-refractivity contribution in [1.29, 1.82) is 0 Å². The predicted molar refractivity (Wildman–Crippen MR) is 108 cm³/mol. The van der Waals surface area contributed by atoms with Crippen LogP contribution in [0.2, 0.25) is 0 Å². The predicted octanol–water partition coefficient (Wildman–Crippen LogP) is 3.27. The molecule has 3 N–H and O–H groups in total. The van der Waals surface area contributed by atoms with Crippen LogP contribution in [0, 0.1) is 0 Å². The van der Waals surface area contributed by atoms with E-state index < -0.39 is 0 Å². The maximum atomic E-state index is 12.2. The molecule has 2 amide bonds.